The van der Waals surface area contributed by atoms with Crippen molar-refractivity contribution in [2.24, 2.45) is 5.73 Å². The second kappa shape index (κ2) is 3.18. The molecular formula is C10H9ClFNO2. The summed E-state index contributed by atoms with van der Waals surface area (Å²) in [5.74, 6) is -2.14. The van der Waals surface area contributed by atoms with E-state index in [2.05, 4.69) is 0 Å². The van der Waals surface area contributed by atoms with Gasteiger partial charge in [0.15, 0.2) is 0 Å². The van der Waals surface area contributed by atoms with Gasteiger partial charge < -0.3 is 10.8 Å². The van der Waals surface area contributed by atoms with Crippen LogP contribution in [0.2, 0.25) is 5.02 Å². The molecule has 0 saturated heterocycles. The Kier molecular flexibility index (Phi) is 2.20. The van der Waals surface area contributed by atoms with Crippen LogP contribution in [0.5, 0.6) is 0 Å². The van der Waals surface area contributed by atoms with E-state index in [1.54, 1.807) is 0 Å². The third kappa shape index (κ3) is 1.50. The molecule has 2 rings (SSSR count). The highest BCUT2D eigenvalue weighted by Gasteiger charge is 2.59. The Hall–Kier alpha value is -1.13. The lowest BCUT2D eigenvalue weighted by atomic mass is 10.1. The summed E-state index contributed by atoms with van der Waals surface area (Å²) in [6.45, 7) is 0. The zero-order chi connectivity index (χ0) is 11.2. The number of benzene rings is 1. The first-order valence-corrected chi connectivity index (χ1v) is 4.81. The molecule has 3 nitrogen and oxygen atoms in total. The second-order valence-electron chi connectivity index (χ2n) is 3.74. The highest BCUT2D eigenvalue weighted by molar-refractivity contribution is 6.31. The van der Waals surface area contributed by atoms with Crippen LogP contribution < -0.4 is 5.73 Å². The predicted molar refractivity (Wildman–Crippen MR) is 53.3 cm³/mol. The van der Waals surface area contributed by atoms with E-state index in [4.69, 9.17) is 22.4 Å². The van der Waals surface area contributed by atoms with Gasteiger partial charge in [-0.05, 0) is 18.6 Å². The highest BCUT2D eigenvalue weighted by atomic mass is 35.5. The quantitative estimate of drug-likeness (QED) is 0.812. The maximum Gasteiger partial charge on any atom is 0.324 e. The molecular weight excluding hydrogens is 221 g/mol. The predicted octanol–water partition coefficient (Wildman–Crippen LogP) is 1.75. The van der Waals surface area contributed by atoms with Gasteiger partial charge in [0, 0.05) is 16.5 Å². The van der Waals surface area contributed by atoms with Crippen molar-refractivity contribution in [1.82, 2.24) is 0 Å². The van der Waals surface area contributed by atoms with Gasteiger partial charge in [-0.15, -0.1) is 0 Å². The standard InChI is InChI=1S/C10H9ClFNO2/c11-6-2-1-3-7(12)8(6)5-4-10(5,13)9(14)15/h1-3,5H,4,13H2,(H,14,15). The Labute approximate surface area is 90.6 Å². The first-order valence-electron chi connectivity index (χ1n) is 4.43. The summed E-state index contributed by atoms with van der Waals surface area (Å²) in [6, 6.07) is 4.25. The molecule has 0 heterocycles. The minimum Gasteiger partial charge on any atom is -0.480 e. The fourth-order valence-corrected chi connectivity index (χ4v) is 2.01. The van der Waals surface area contributed by atoms with Crippen LogP contribution in [0, 0.1) is 5.82 Å². The van der Waals surface area contributed by atoms with Crippen LogP contribution in [0.25, 0.3) is 0 Å². The summed E-state index contributed by atoms with van der Waals surface area (Å²) in [4.78, 5) is 10.8. The number of rotatable bonds is 2. The zero-order valence-corrected chi connectivity index (χ0v) is 8.46. The second-order valence-corrected chi connectivity index (χ2v) is 4.14. The van der Waals surface area contributed by atoms with Gasteiger partial charge in [0.2, 0.25) is 0 Å². The number of aliphatic carboxylic acids is 1. The fourth-order valence-electron chi connectivity index (χ4n) is 1.72. The van der Waals surface area contributed by atoms with Crippen molar-refractivity contribution in [2.75, 3.05) is 0 Å². The van der Waals surface area contributed by atoms with Crippen LogP contribution in [0.1, 0.15) is 17.9 Å². The zero-order valence-electron chi connectivity index (χ0n) is 7.71. The Morgan fingerprint density at radius 3 is 2.80 bits per heavy atom. The number of hydrogen-bond acceptors (Lipinski definition) is 2. The van der Waals surface area contributed by atoms with Crippen molar-refractivity contribution in [2.45, 2.75) is 17.9 Å². The monoisotopic (exact) mass is 229 g/mol. The molecule has 5 heteroatoms. The average molecular weight is 230 g/mol. The SMILES string of the molecule is NC1(C(=O)O)CC1c1c(F)cccc1Cl. The van der Waals surface area contributed by atoms with E-state index in [9.17, 15) is 9.18 Å². The molecule has 0 spiro atoms. The molecule has 1 aromatic rings. The van der Waals surface area contributed by atoms with Gasteiger partial charge in [-0.3, -0.25) is 4.79 Å². The van der Waals surface area contributed by atoms with Crippen LogP contribution in [-0.2, 0) is 4.79 Å². The summed E-state index contributed by atoms with van der Waals surface area (Å²) in [7, 11) is 0. The lowest BCUT2D eigenvalue weighted by molar-refractivity contribution is -0.139. The van der Waals surface area contributed by atoms with E-state index in [1.807, 2.05) is 0 Å². The Morgan fingerprint density at radius 1 is 1.67 bits per heavy atom. The number of halogens is 2. The molecule has 0 bridgehead atoms. The third-order valence-corrected chi connectivity index (χ3v) is 3.08. The van der Waals surface area contributed by atoms with Crippen molar-refractivity contribution in [3.8, 4) is 0 Å². The van der Waals surface area contributed by atoms with E-state index >= 15 is 0 Å². The van der Waals surface area contributed by atoms with Gasteiger partial charge in [-0.25, -0.2) is 4.39 Å². The number of nitrogens with two attached hydrogens (primary N) is 1. The smallest absolute Gasteiger partial charge is 0.324 e. The Bertz CT molecular complexity index is 417. The molecule has 15 heavy (non-hydrogen) atoms. The van der Waals surface area contributed by atoms with Gasteiger partial charge in [0.1, 0.15) is 11.4 Å². The molecule has 0 aromatic heterocycles. The molecule has 1 fully saturated rings. The van der Waals surface area contributed by atoms with Crippen molar-refractivity contribution in [3.05, 3.63) is 34.6 Å². The topological polar surface area (TPSA) is 63.3 Å². The van der Waals surface area contributed by atoms with Gasteiger partial charge >= 0.3 is 5.97 Å². The van der Waals surface area contributed by atoms with Crippen LogP contribution >= 0.6 is 11.6 Å². The molecule has 1 aromatic carbocycles. The first-order chi connectivity index (χ1) is 6.97. The van der Waals surface area contributed by atoms with E-state index in [1.165, 1.54) is 18.2 Å². The third-order valence-electron chi connectivity index (χ3n) is 2.75. The molecule has 0 aliphatic heterocycles. The van der Waals surface area contributed by atoms with Crippen LogP contribution in [0.4, 0.5) is 4.39 Å². The minimum atomic E-state index is -1.36. The highest BCUT2D eigenvalue weighted by Crippen LogP contribution is 2.52. The van der Waals surface area contributed by atoms with Crippen molar-refractivity contribution < 1.29 is 14.3 Å². The van der Waals surface area contributed by atoms with E-state index < -0.39 is 23.2 Å². The molecule has 1 aliphatic carbocycles. The lowest BCUT2D eigenvalue weighted by Crippen LogP contribution is -2.34. The largest absolute Gasteiger partial charge is 0.480 e. The van der Waals surface area contributed by atoms with Crippen LogP contribution in [-0.4, -0.2) is 16.6 Å². The van der Waals surface area contributed by atoms with E-state index in [0.29, 0.717) is 0 Å². The average Bonchev–Trinajstić information content (AvgIpc) is 2.79. The maximum absolute atomic E-state index is 13.4. The van der Waals surface area contributed by atoms with Crippen LogP contribution in [0.15, 0.2) is 18.2 Å². The number of carboxylic acid groups (broad SMARTS) is 1. The molecule has 1 saturated carbocycles. The van der Waals surface area contributed by atoms with Gasteiger partial charge in [-0.1, -0.05) is 17.7 Å². The van der Waals surface area contributed by atoms with Crippen molar-refractivity contribution in [1.29, 1.82) is 0 Å². The normalized spacial score (nSPS) is 28.9. The van der Waals surface area contributed by atoms with Gasteiger partial charge in [-0.2, -0.15) is 0 Å². The molecule has 0 amide bonds. The summed E-state index contributed by atoms with van der Waals surface area (Å²) >= 11 is 5.81. The molecule has 1 aliphatic rings. The number of carbonyl (C=O) groups is 1. The van der Waals surface area contributed by atoms with E-state index in [0.717, 1.165) is 0 Å². The Balaban J connectivity index is 2.39. The summed E-state index contributed by atoms with van der Waals surface area (Å²) < 4.78 is 13.4. The Morgan fingerprint density at radius 2 is 2.33 bits per heavy atom. The molecule has 2 atom stereocenters. The van der Waals surface area contributed by atoms with Crippen LogP contribution in [0.3, 0.4) is 0 Å². The number of carboxylic acids is 1. The van der Waals surface area contributed by atoms with Crippen molar-refractivity contribution >= 4 is 17.6 Å². The molecule has 3 N–H and O–H groups in total. The van der Waals surface area contributed by atoms with Gasteiger partial charge in [0.05, 0.1) is 0 Å². The number of hydrogen-bond donors (Lipinski definition) is 2. The summed E-state index contributed by atoms with van der Waals surface area (Å²) in [5.41, 5.74) is 4.44. The molecule has 2 unspecified atom stereocenters. The summed E-state index contributed by atoms with van der Waals surface area (Å²) in [5, 5.41) is 9.07. The molecule has 80 valence electrons. The minimum absolute atomic E-state index is 0.212. The first kappa shape index (κ1) is 10.4. The lowest BCUT2D eigenvalue weighted by Gasteiger charge is -2.08. The molecule has 0 radical (unpaired) electrons. The summed E-state index contributed by atoms with van der Waals surface area (Å²) in [6.07, 6.45) is 0.225. The fraction of sp³-hybridized carbons (Fsp3) is 0.300. The van der Waals surface area contributed by atoms with Crippen molar-refractivity contribution in [3.63, 3.8) is 0 Å². The van der Waals surface area contributed by atoms with E-state index in [-0.39, 0.29) is 17.0 Å². The maximum atomic E-state index is 13.4. The van der Waals surface area contributed by atoms with Gasteiger partial charge in [0.25, 0.3) is 0 Å².